The van der Waals surface area contributed by atoms with Crippen molar-refractivity contribution >= 4 is 29.9 Å². The van der Waals surface area contributed by atoms with E-state index in [4.69, 9.17) is 0 Å². The van der Waals surface area contributed by atoms with E-state index in [1.165, 1.54) is 11.0 Å². The molecule has 0 aliphatic carbocycles. The van der Waals surface area contributed by atoms with Gasteiger partial charge in [0.1, 0.15) is 5.82 Å². The third-order valence-corrected chi connectivity index (χ3v) is 5.32. The van der Waals surface area contributed by atoms with E-state index in [0.29, 0.717) is 50.2 Å². The maximum absolute atomic E-state index is 14.0. The summed E-state index contributed by atoms with van der Waals surface area (Å²) in [5, 5.41) is 6.51. The van der Waals surface area contributed by atoms with Gasteiger partial charge in [0, 0.05) is 25.2 Å². The molecule has 0 saturated carbocycles. The Balaban J connectivity index is 0.00000512. The summed E-state index contributed by atoms with van der Waals surface area (Å²) in [6.07, 6.45) is -1.65. The smallest absolute Gasteiger partial charge is 0.357 e. The summed E-state index contributed by atoms with van der Waals surface area (Å²) in [7, 11) is 3.80. The molecule has 1 aliphatic rings. The summed E-state index contributed by atoms with van der Waals surface area (Å²) in [5.41, 5.74) is 1.58. The fraction of sp³-hybridized carbons (Fsp3) is 0.682. The normalized spacial score (nSPS) is 16.2. The number of alkyl halides is 3. The lowest BCUT2D eigenvalue weighted by Gasteiger charge is -2.32. The van der Waals surface area contributed by atoms with E-state index in [0.717, 1.165) is 31.4 Å². The van der Waals surface area contributed by atoms with Gasteiger partial charge in [0.25, 0.3) is 0 Å². The minimum atomic E-state index is -4.12. The van der Waals surface area contributed by atoms with Gasteiger partial charge < -0.3 is 15.5 Å². The minimum absolute atomic E-state index is 0. The third-order valence-electron chi connectivity index (χ3n) is 5.32. The maximum atomic E-state index is 14.0. The van der Waals surface area contributed by atoms with E-state index < -0.39 is 12.7 Å². The molecule has 0 atom stereocenters. The van der Waals surface area contributed by atoms with Crippen LogP contribution >= 0.6 is 24.0 Å². The molecule has 0 radical (unpaired) electrons. The molecule has 1 heterocycles. The van der Waals surface area contributed by atoms with Crippen LogP contribution in [0.5, 0.6) is 0 Å². The van der Waals surface area contributed by atoms with Gasteiger partial charge in [0.2, 0.25) is 0 Å². The van der Waals surface area contributed by atoms with Gasteiger partial charge in [-0.1, -0.05) is 6.07 Å². The molecule has 0 amide bonds. The highest BCUT2D eigenvalue weighted by Crippen LogP contribution is 2.24. The second-order valence-electron chi connectivity index (χ2n) is 8.41. The number of hydrogen-bond acceptors (Lipinski definition) is 3. The number of benzene rings is 1. The predicted octanol–water partition coefficient (Wildman–Crippen LogP) is 4.22. The van der Waals surface area contributed by atoms with Crippen LogP contribution in [-0.4, -0.2) is 68.8 Å². The molecular weight excluding hydrogens is 537 g/mol. The minimum Gasteiger partial charge on any atom is -0.357 e. The van der Waals surface area contributed by atoms with Gasteiger partial charge in [0.05, 0.1) is 13.1 Å². The Hall–Kier alpha value is -1.14. The van der Waals surface area contributed by atoms with Crippen LogP contribution in [0.2, 0.25) is 0 Å². The summed E-state index contributed by atoms with van der Waals surface area (Å²) in [5.74, 6) is 0.897. The molecule has 2 N–H and O–H groups in total. The topological polar surface area (TPSA) is 42.9 Å². The van der Waals surface area contributed by atoms with Crippen LogP contribution in [0.1, 0.15) is 37.3 Å². The van der Waals surface area contributed by atoms with Crippen LogP contribution in [0.15, 0.2) is 23.2 Å². The van der Waals surface area contributed by atoms with Gasteiger partial charge in [-0.15, -0.1) is 24.0 Å². The summed E-state index contributed by atoms with van der Waals surface area (Å²) < 4.78 is 51.5. The van der Waals surface area contributed by atoms with Gasteiger partial charge in [-0.3, -0.25) is 4.90 Å². The van der Waals surface area contributed by atoms with Crippen molar-refractivity contribution in [1.82, 2.24) is 20.4 Å². The molecule has 1 aliphatic heterocycles. The van der Waals surface area contributed by atoms with E-state index in [9.17, 15) is 17.6 Å². The first-order valence-electron chi connectivity index (χ1n) is 10.9. The molecule has 0 unspecified atom stereocenters. The Morgan fingerprint density at radius 2 is 1.88 bits per heavy atom. The number of rotatable bonds is 9. The Morgan fingerprint density at radius 3 is 2.47 bits per heavy atom. The van der Waals surface area contributed by atoms with Crippen LogP contribution in [0.3, 0.4) is 0 Å². The van der Waals surface area contributed by atoms with Crippen LogP contribution in [0, 0.1) is 11.7 Å². The van der Waals surface area contributed by atoms with Gasteiger partial charge in [-0.25, -0.2) is 9.38 Å². The van der Waals surface area contributed by atoms with Gasteiger partial charge in [-0.05, 0) is 77.0 Å². The first-order chi connectivity index (χ1) is 14.7. The molecule has 1 saturated heterocycles. The maximum Gasteiger partial charge on any atom is 0.401 e. The van der Waals surface area contributed by atoms with Crippen molar-refractivity contribution < 1.29 is 17.6 Å². The standard InChI is InChI=1S/C22H35F4N5.HI/c1-4-27-21(29-14-18-5-6-20(23)19(13-18)15-30(2)3)28-10-7-17-8-11-31(12-9-17)16-22(24,25)26;/h5-6,13,17H,4,7-12,14-16H2,1-3H3,(H2,27,28,29);1H. The van der Waals surface area contributed by atoms with Crippen molar-refractivity contribution in [2.45, 2.75) is 45.5 Å². The molecule has 5 nitrogen and oxygen atoms in total. The number of aliphatic imine (C=N–C) groups is 1. The van der Waals surface area contributed by atoms with Gasteiger partial charge >= 0.3 is 6.18 Å². The monoisotopic (exact) mass is 573 g/mol. The Kier molecular flexibility index (Phi) is 12.8. The lowest BCUT2D eigenvalue weighted by molar-refractivity contribution is -0.148. The van der Waals surface area contributed by atoms with Crippen molar-refractivity contribution in [3.05, 3.63) is 35.1 Å². The number of nitrogens with zero attached hydrogens (tertiary/aromatic N) is 3. The zero-order chi connectivity index (χ0) is 22.9. The number of halogens is 5. The molecular formula is C22H36F4IN5. The molecule has 32 heavy (non-hydrogen) atoms. The summed E-state index contributed by atoms with van der Waals surface area (Å²) >= 11 is 0. The molecule has 1 aromatic carbocycles. The van der Waals surface area contributed by atoms with Gasteiger partial charge in [0.15, 0.2) is 5.96 Å². The molecule has 1 aromatic rings. The van der Waals surface area contributed by atoms with Crippen molar-refractivity contribution in [1.29, 1.82) is 0 Å². The quantitative estimate of drug-likeness (QED) is 0.201. The van der Waals surface area contributed by atoms with Gasteiger partial charge in [-0.2, -0.15) is 13.2 Å². The number of piperidine rings is 1. The van der Waals surface area contributed by atoms with Crippen LogP contribution in [0.25, 0.3) is 0 Å². The average Bonchev–Trinajstić information content (AvgIpc) is 2.68. The average molecular weight is 573 g/mol. The molecule has 184 valence electrons. The largest absolute Gasteiger partial charge is 0.401 e. The van der Waals surface area contributed by atoms with Crippen molar-refractivity contribution in [3.8, 4) is 0 Å². The lowest BCUT2D eigenvalue weighted by atomic mass is 9.93. The van der Waals surface area contributed by atoms with Crippen LogP contribution in [0.4, 0.5) is 17.6 Å². The predicted molar refractivity (Wildman–Crippen MR) is 132 cm³/mol. The molecule has 0 aromatic heterocycles. The first kappa shape index (κ1) is 28.9. The fourth-order valence-corrected chi connectivity index (χ4v) is 3.78. The second-order valence-corrected chi connectivity index (χ2v) is 8.41. The number of guanidine groups is 1. The summed E-state index contributed by atoms with van der Waals surface area (Å²) in [4.78, 5) is 8.00. The van der Waals surface area contributed by atoms with E-state index in [-0.39, 0.29) is 29.8 Å². The van der Waals surface area contributed by atoms with Crippen LogP contribution in [-0.2, 0) is 13.1 Å². The third kappa shape index (κ3) is 11.1. The molecule has 1 fully saturated rings. The molecule has 2 rings (SSSR count). The molecule has 0 spiro atoms. The number of nitrogens with one attached hydrogen (secondary N) is 2. The zero-order valence-corrected chi connectivity index (χ0v) is 21.5. The van der Waals surface area contributed by atoms with E-state index in [1.807, 2.05) is 32.0 Å². The highest BCUT2D eigenvalue weighted by atomic mass is 127. The van der Waals surface area contributed by atoms with Crippen molar-refractivity contribution in [2.75, 3.05) is 46.8 Å². The fourth-order valence-electron chi connectivity index (χ4n) is 3.78. The number of likely N-dealkylation sites (tertiary alicyclic amines) is 1. The van der Waals surface area contributed by atoms with E-state index in [1.54, 1.807) is 6.07 Å². The Morgan fingerprint density at radius 1 is 1.19 bits per heavy atom. The van der Waals surface area contributed by atoms with Crippen LogP contribution < -0.4 is 10.6 Å². The van der Waals surface area contributed by atoms with E-state index >= 15 is 0 Å². The second kappa shape index (κ2) is 14.2. The van der Waals surface area contributed by atoms with E-state index in [2.05, 4.69) is 15.6 Å². The Bertz CT molecular complexity index is 704. The zero-order valence-electron chi connectivity index (χ0n) is 19.1. The van der Waals surface area contributed by atoms with Crippen molar-refractivity contribution in [2.24, 2.45) is 10.9 Å². The highest BCUT2D eigenvalue weighted by molar-refractivity contribution is 14.0. The first-order valence-corrected chi connectivity index (χ1v) is 10.9. The highest BCUT2D eigenvalue weighted by Gasteiger charge is 2.32. The summed E-state index contributed by atoms with van der Waals surface area (Å²) in [6, 6.07) is 5.07. The Labute approximate surface area is 206 Å². The lowest BCUT2D eigenvalue weighted by Crippen LogP contribution is -2.41. The molecule has 0 bridgehead atoms. The number of hydrogen-bond donors (Lipinski definition) is 2. The SMILES string of the molecule is CCNC(=NCc1ccc(F)c(CN(C)C)c1)NCCC1CCN(CC(F)(F)F)CC1.I. The molecule has 10 heteroatoms. The van der Waals surface area contributed by atoms with Crippen molar-refractivity contribution in [3.63, 3.8) is 0 Å². The summed E-state index contributed by atoms with van der Waals surface area (Å²) in [6.45, 7) is 4.57.